The van der Waals surface area contributed by atoms with Crippen LogP contribution in [0.2, 0.25) is 0 Å². The normalized spacial score (nSPS) is 9.88. The standard InChI is InChI=1S/C17H17N3O4/c1-20(2)16(21)10-19-17(22)15-8-7-13(24-15)11-23-14-6-4-3-5-12(14)9-18/h3-8H,10-11H2,1-2H3,(H,19,22). The second-order valence-corrected chi connectivity index (χ2v) is 5.13. The summed E-state index contributed by atoms with van der Waals surface area (Å²) in [5, 5.41) is 11.5. The minimum absolute atomic E-state index is 0.0859. The van der Waals surface area contributed by atoms with Crippen LogP contribution in [0.5, 0.6) is 5.75 Å². The molecule has 1 aromatic carbocycles. The monoisotopic (exact) mass is 327 g/mol. The lowest BCUT2D eigenvalue weighted by Crippen LogP contribution is -2.36. The molecule has 1 aromatic heterocycles. The fraction of sp³-hybridized carbons (Fsp3) is 0.235. The molecule has 0 aliphatic rings. The Kier molecular flexibility index (Phi) is 5.58. The van der Waals surface area contributed by atoms with E-state index in [-0.39, 0.29) is 24.8 Å². The van der Waals surface area contributed by atoms with Crippen LogP contribution in [0.3, 0.4) is 0 Å². The number of furan rings is 1. The molecule has 7 heteroatoms. The van der Waals surface area contributed by atoms with E-state index < -0.39 is 5.91 Å². The van der Waals surface area contributed by atoms with Gasteiger partial charge in [0.05, 0.1) is 12.1 Å². The lowest BCUT2D eigenvalue weighted by atomic mass is 10.2. The SMILES string of the molecule is CN(C)C(=O)CNC(=O)c1ccc(COc2ccccc2C#N)o1. The Labute approximate surface area is 139 Å². The molecule has 7 nitrogen and oxygen atoms in total. The number of nitrogens with zero attached hydrogens (tertiary/aromatic N) is 2. The van der Waals surface area contributed by atoms with Crippen molar-refractivity contribution in [3.05, 3.63) is 53.5 Å². The summed E-state index contributed by atoms with van der Waals surface area (Å²) in [5.74, 6) is 0.278. The highest BCUT2D eigenvalue weighted by molar-refractivity contribution is 5.94. The summed E-state index contributed by atoms with van der Waals surface area (Å²) in [7, 11) is 3.21. The number of carbonyl (C=O) groups excluding carboxylic acids is 2. The summed E-state index contributed by atoms with van der Waals surface area (Å²) in [4.78, 5) is 24.7. The Balaban J connectivity index is 1.92. The summed E-state index contributed by atoms with van der Waals surface area (Å²) in [6.45, 7) is -0.0173. The van der Waals surface area contributed by atoms with Gasteiger partial charge in [-0.1, -0.05) is 12.1 Å². The molecule has 1 heterocycles. The molecule has 0 atom stereocenters. The van der Waals surface area contributed by atoms with Crippen LogP contribution in [0.25, 0.3) is 0 Å². The zero-order valence-electron chi connectivity index (χ0n) is 13.4. The summed E-state index contributed by atoms with van der Waals surface area (Å²) >= 11 is 0. The minimum Gasteiger partial charge on any atom is -0.484 e. The Bertz CT molecular complexity index is 774. The number of carbonyl (C=O) groups is 2. The van der Waals surface area contributed by atoms with E-state index in [0.29, 0.717) is 17.1 Å². The van der Waals surface area contributed by atoms with Gasteiger partial charge in [0, 0.05) is 14.1 Å². The van der Waals surface area contributed by atoms with Gasteiger partial charge >= 0.3 is 0 Å². The number of ether oxygens (including phenoxy) is 1. The van der Waals surface area contributed by atoms with Crippen molar-refractivity contribution in [1.82, 2.24) is 10.2 Å². The largest absolute Gasteiger partial charge is 0.484 e. The molecule has 2 amide bonds. The minimum atomic E-state index is -0.478. The average molecular weight is 327 g/mol. The molecule has 2 rings (SSSR count). The highest BCUT2D eigenvalue weighted by Gasteiger charge is 2.13. The third-order valence-corrected chi connectivity index (χ3v) is 3.16. The first-order chi connectivity index (χ1) is 11.5. The Morgan fingerprint density at radius 3 is 2.71 bits per heavy atom. The van der Waals surface area contributed by atoms with E-state index in [1.807, 2.05) is 6.07 Å². The molecule has 0 radical (unpaired) electrons. The van der Waals surface area contributed by atoms with Crippen LogP contribution in [-0.4, -0.2) is 37.4 Å². The van der Waals surface area contributed by atoms with Gasteiger partial charge in [0.1, 0.15) is 24.2 Å². The molecule has 0 bridgehead atoms. The third-order valence-electron chi connectivity index (χ3n) is 3.16. The predicted molar refractivity (Wildman–Crippen MR) is 85.2 cm³/mol. The van der Waals surface area contributed by atoms with Crippen LogP contribution in [0.4, 0.5) is 0 Å². The topological polar surface area (TPSA) is 95.6 Å². The molecule has 0 aliphatic heterocycles. The van der Waals surface area contributed by atoms with Crippen molar-refractivity contribution in [2.45, 2.75) is 6.61 Å². The van der Waals surface area contributed by atoms with Gasteiger partial charge in [-0.05, 0) is 24.3 Å². The molecule has 0 aliphatic carbocycles. The van der Waals surface area contributed by atoms with Crippen LogP contribution in [-0.2, 0) is 11.4 Å². The third kappa shape index (κ3) is 4.36. The van der Waals surface area contributed by atoms with Gasteiger partial charge in [-0.25, -0.2) is 0 Å². The second kappa shape index (κ2) is 7.83. The lowest BCUT2D eigenvalue weighted by molar-refractivity contribution is -0.127. The Morgan fingerprint density at radius 1 is 1.25 bits per heavy atom. The number of rotatable bonds is 6. The highest BCUT2D eigenvalue weighted by atomic mass is 16.5. The number of nitriles is 1. The molecule has 2 aromatic rings. The fourth-order valence-corrected chi connectivity index (χ4v) is 1.81. The summed E-state index contributed by atoms with van der Waals surface area (Å²) in [6.07, 6.45) is 0. The molecule has 0 spiro atoms. The van der Waals surface area contributed by atoms with Gasteiger partial charge in [0.2, 0.25) is 5.91 Å². The first kappa shape index (κ1) is 17.1. The number of benzene rings is 1. The average Bonchev–Trinajstić information content (AvgIpc) is 3.06. The van der Waals surface area contributed by atoms with Gasteiger partial charge in [-0.3, -0.25) is 9.59 Å². The zero-order valence-corrected chi connectivity index (χ0v) is 13.4. The van der Waals surface area contributed by atoms with Crippen molar-refractivity contribution in [3.8, 4) is 11.8 Å². The lowest BCUT2D eigenvalue weighted by Gasteiger charge is -2.10. The van der Waals surface area contributed by atoms with E-state index in [4.69, 9.17) is 14.4 Å². The maximum Gasteiger partial charge on any atom is 0.287 e. The molecule has 0 saturated carbocycles. The van der Waals surface area contributed by atoms with E-state index in [9.17, 15) is 9.59 Å². The van der Waals surface area contributed by atoms with Gasteiger partial charge < -0.3 is 19.4 Å². The number of likely N-dealkylation sites (N-methyl/N-ethyl adjacent to an activating group) is 1. The van der Waals surface area contributed by atoms with Gasteiger partial charge in [0.25, 0.3) is 5.91 Å². The van der Waals surface area contributed by atoms with Crippen molar-refractivity contribution < 1.29 is 18.7 Å². The van der Waals surface area contributed by atoms with Crippen molar-refractivity contribution in [2.75, 3.05) is 20.6 Å². The van der Waals surface area contributed by atoms with E-state index in [0.717, 1.165) is 0 Å². The number of hydrogen-bond donors (Lipinski definition) is 1. The van der Waals surface area contributed by atoms with Gasteiger partial charge in [0.15, 0.2) is 5.76 Å². The van der Waals surface area contributed by atoms with Crippen LogP contribution in [0, 0.1) is 11.3 Å². The first-order valence-electron chi connectivity index (χ1n) is 7.20. The van der Waals surface area contributed by atoms with Gasteiger partial charge in [-0.2, -0.15) is 5.26 Å². The molecular weight excluding hydrogens is 310 g/mol. The van der Waals surface area contributed by atoms with Crippen LogP contribution in [0.15, 0.2) is 40.8 Å². The maximum absolute atomic E-state index is 11.9. The van der Waals surface area contributed by atoms with Crippen LogP contribution < -0.4 is 10.1 Å². The molecule has 1 N–H and O–H groups in total. The molecule has 0 unspecified atom stereocenters. The highest BCUT2D eigenvalue weighted by Crippen LogP contribution is 2.19. The van der Waals surface area contributed by atoms with E-state index >= 15 is 0 Å². The van der Waals surface area contributed by atoms with Crippen molar-refractivity contribution in [1.29, 1.82) is 5.26 Å². The predicted octanol–water partition coefficient (Wildman–Crippen LogP) is 1.55. The molecule has 0 fully saturated rings. The molecule has 24 heavy (non-hydrogen) atoms. The number of amides is 2. The summed E-state index contributed by atoms with van der Waals surface area (Å²) < 4.78 is 10.9. The van der Waals surface area contributed by atoms with Crippen molar-refractivity contribution in [2.24, 2.45) is 0 Å². The van der Waals surface area contributed by atoms with Crippen LogP contribution in [0.1, 0.15) is 21.9 Å². The number of para-hydroxylation sites is 1. The quantitative estimate of drug-likeness (QED) is 0.868. The van der Waals surface area contributed by atoms with E-state index in [1.54, 1.807) is 44.4 Å². The first-order valence-corrected chi connectivity index (χ1v) is 7.20. The van der Waals surface area contributed by atoms with Crippen molar-refractivity contribution >= 4 is 11.8 Å². The summed E-state index contributed by atoms with van der Waals surface area (Å²) in [6, 6.07) is 12.0. The Hall–Kier alpha value is -3.27. The molecule has 124 valence electrons. The Morgan fingerprint density at radius 2 is 2.00 bits per heavy atom. The van der Waals surface area contributed by atoms with Gasteiger partial charge in [-0.15, -0.1) is 0 Å². The second-order valence-electron chi connectivity index (χ2n) is 5.13. The summed E-state index contributed by atoms with van der Waals surface area (Å²) in [5.41, 5.74) is 0.421. The molecular formula is C17H17N3O4. The maximum atomic E-state index is 11.9. The number of nitrogens with one attached hydrogen (secondary N) is 1. The fourth-order valence-electron chi connectivity index (χ4n) is 1.81. The molecule has 0 saturated heterocycles. The number of hydrogen-bond acceptors (Lipinski definition) is 5. The van der Waals surface area contributed by atoms with E-state index in [2.05, 4.69) is 5.32 Å². The van der Waals surface area contributed by atoms with Crippen LogP contribution >= 0.6 is 0 Å². The van der Waals surface area contributed by atoms with Crippen molar-refractivity contribution in [3.63, 3.8) is 0 Å². The zero-order chi connectivity index (χ0) is 17.5. The van der Waals surface area contributed by atoms with E-state index in [1.165, 1.54) is 11.0 Å². The smallest absolute Gasteiger partial charge is 0.287 e.